The van der Waals surface area contributed by atoms with Gasteiger partial charge in [-0.15, -0.1) is 11.3 Å². The highest BCUT2D eigenvalue weighted by Gasteiger charge is 2.32. The van der Waals surface area contributed by atoms with Gasteiger partial charge in [0.2, 0.25) is 15.9 Å². The molecule has 134 valence electrons. The van der Waals surface area contributed by atoms with Crippen molar-refractivity contribution in [2.45, 2.75) is 18.8 Å². The second-order valence-electron chi connectivity index (χ2n) is 6.13. The van der Waals surface area contributed by atoms with E-state index in [1.165, 1.54) is 0 Å². The van der Waals surface area contributed by atoms with Crippen molar-refractivity contribution in [2.75, 3.05) is 19.3 Å². The SMILES string of the molecule is CS(=O)(=O)NCCNC(=O)C1CC=CCC1c1nc2ccccc2s1. The van der Waals surface area contributed by atoms with E-state index in [9.17, 15) is 13.2 Å². The molecule has 0 fully saturated rings. The summed E-state index contributed by atoms with van der Waals surface area (Å²) in [6, 6.07) is 7.98. The van der Waals surface area contributed by atoms with E-state index in [0.717, 1.165) is 27.9 Å². The first-order valence-electron chi connectivity index (χ1n) is 8.17. The zero-order chi connectivity index (χ0) is 17.9. The highest BCUT2D eigenvalue weighted by molar-refractivity contribution is 7.88. The number of carbonyl (C=O) groups is 1. The minimum absolute atomic E-state index is 0.0519. The molecule has 0 spiro atoms. The Morgan fingerprint density at radius 1 is 1.24 bits per heavy atom. The van der Waals surface area contributed by atoms with E-state index in [0.29, 0.717) is 6.42 Å². The number of sulfonamides is 1. The summed E-state index contributed by atoms with van der Waals surface area (Å²) in [5.74, 6) is -0.169. The van der Waals surface area contributed by atoms with Crippen LogP contribution in [0, 0.1) is 5.92 Å². The minimum Gasteiger partial charge on any atom is -0.355 e. The van der Waals surface area contributed by atoms with Gasteiger partial charge in [-0.25, -0.2) is 18.1 Å². The summed E-state index contributed by atoms with van der Waals surface area (Å²) in [5.41, 5.74) is 0.966. The molecule has 3 rings (SSSR count). The highest BCUT2D eigenvalue weighted by Crippen LogP contribution is 2.38. The third kappa shape index (κ3) is 4.65. The van der Waals surface area contributed by atoms with Gasteiger partial charge in [-0.3, -0.25) is 4.79 Å². The summed E-state index contributed by atoms with van der Waals surface area (Å²) < 4.78 is 25.6. The minimum atomic E-state index is -3.24. The number of nitrogens with zero attached hydrogens (tertiary/aromatic N) is 1. The van der Waals surface area contributed by atoms with E-state index in [1.807, 2.05) is 30.3 Å². The van der Waals surface area contributed by atoms with E-state index in [1.54, 1.807) is 11.3 Å². The van der Waals surface area contributed by atoms with Gasteiger partial charge in [0, 0.05) is 19.0 Å². The molecule has 1 heterocycles. The predicted octanol–water partition coefficient (Wildman–Crippen LogP) is 2.01. The van der Waals surface area contributed by atoms with Gasteiger partial charge in [-0.05, 0) is 25.0 Å². The molecule has 1 aliphatic carbocycles. The Morgan fingerprint density at radius 2 is 2.00 bits per heavy atom. The Morgan fingerprint density at radius 3 is 2.76 bits per heavy atom. The van der Waals surface area contributed by atoms with Crippen LogP contribution in [-0.2, 0) is 14.8 Å². The van der Waals surface area contributed by atoms with Gasteiger partial charge in [0.15, 0.2) is 0 Å². The van der Waals surface area contributed by atoms with Crippen LogP contribution < -0.4 is 10.0 Å². The molecule has 1 aromatic carbocycles. The first-order valence-corrected chi connectivity index (χ1v) is 10.9. The number of carbonyl (C=O) groups excluding carboxylic acids is 1. The Kier molecular flexibility index (Phi) is 5.51. The van der Waals surface area contributed by atoms with Gasteiger partial charge < -0.3 is 5.32 Å². The molecule has 2 aromatic rings. The number of para-hydroxylation sites is 1. The van der Waals surface area contributed by atoms with Crippen LogP contribution >= 0.6 is 11.3 Å². The molecule has 0 saturated heterocycles. The molecular formula is C17H21N3O3S2. The number of hydrogen-bond acceptors (Lipinski definition) is 5. The molecule has 6 nitrogen and oxygen atoms in total. The zero-order valence-corrected chi connectivity index (χ0v) is 15.6. The second-order valence-corrected chi connectivity index (χ2v) is 9.03. The maximum absolute atomic E-state index is 12.6. The molecule has 0 aliphatic heterocycles. The average molecular weight is 380 g/mol. The van der Waals surface area contributed by atoms with Crippen molar-refractivity contribution in [2.24, 2.45) is 5.92 Å². The summed E-state index contributed by atoms with van der Waals surface area (Å²) in [6.45, 7) is 0.470. The van der Waals surface area contributed by atoms with Crippen LogP contribution in [0.25, 0.3) is 10.2 Å². The second kappa shape index (κ2) is 7.63. The molecule has 2 N–H and O–H groups in total. The third-order valence-corrected chi connectivity index (χ3v) is 6.08. The average Bonchev–Trinajstić information content (AvgIpc) is 3.01. The lowest BCUT2D eigenvalue weighted by Gasteiger charge is -2.26. The van der Waals surface area contributed by atoms with Crippen LogP contribution in [0.15, 0.2) is 36.4 Å². The number of benzene rings is 1. The van der Waals surface area contributed by atoms with Crippen molar-refractivity contribution < 1.29 is 13.2 Å². The fourth-order valence-electron chi connectivity index (χ4n) is 2.98. The molecule has 1 aliphatic rings. The normalized spacial score (nSPS) is 20.7. The first-order chi connectivity index (χ1) is 11.9. The van der Waals surface area contributed by atoms with Crippen molar-refractivity contribution in [3.63, 3.8) is 0 Å². The van der Waals surface area contributed by atoms with Gasteiger partial charge in [0.1, 0.15) is 0 Å². The number of thiazole rings is 1. The first kappa shape index (κ1) is 18.0. The lowest BCUT2D eigenvalue weighted by molar-refractivity contribution is -0.125. The monoisotopic (exact) mass is 379 g/mol. The van der Waals surface area contributed by atoms with Gasteiger partial charge >= 0.3 is 0 Å². The van der Waals surface area contributed by atoms with Crippen molar-refractivity contribution in [3.05, 3.63) is 41.4 Å². The molecule has 0 bridgehead atoms. The fourth-order valence-corrected chi connectivity index (χ4v) is 4.60. The van der Waals surface area contributed by atoms with Crippen LogP contribution in [0.1, 0.15) is 23.8 Å². The van der Waals surface area contributed by atoms with E-state index >= 15 is 0 Å². The molecular weight excluding hydrogens is 358 g/mol. The summed E-state index contributed by atoms with van der Waals surface area (Å²) in [5, 5.41) is 3.82. The molecule has 2 atom stereocenters. The standard InChI is InChI=1S/C17H21N3O3S2/c1-25(22,23)19-11-10-18-16(21)12-6-2-3-7-13(12)17-20-14-8-4-5-9-15(14)24-17/h2-5,8-9,12-13,19H,6-7,10-11H2,1H3,(H,18,21). The number of hydrogen-bond donors (Lipinski definition) is 2. The van der Waals surface area contributed by atoms with Crippen molar-refractivity contribution in [3.8, 4) is 0 Å². The van der Waals surface area contributed by atoms with Gasteiger partial charge in [0.05, 0.1) is 27.4 Å². The van der Waals surface area contributed by atoms with Crippen LogP contribution in [-0.4, -0.2) is 38.7 Å². The van der Waals surface area contributed by atoms with Gasteiger partial charge in [0.25, 0.3) is 0 Å². The molecule has 8 heteroatoms. The van der Waals surface area contributed by atoms with Crippen LogP contribution in [0.2, 0.25) is 0 Å². The molecule has 1 aromatic heterocycles. The Labute approximate surface area is 151 Å². The highest BCUT2D eigenvalue weighted by atomic mass is 32.2. The van der Waals surface area contributed by atoms with Crippen molar-refractivity contribution >= 4 is 37.5 Å². The zero-order valence-electron chi connectivity index (χ0n) is 13.9. The number of aromatic nitrogens is 1. The predicted molar refractivity (Wildman–Crippen MR) is 100 cm³/mol. The number of fused-ring (bicyclic) bond motifs is 1. The van der Waals surface area contributed by atoms with E-state index in [-0.39, 0.29) is 30.8 Å². The summed E-state index contributed by atoms with van der Waals surface area (Å²) in [4.78, 5) is 17.3. The van der Waals surface area contributed by atoms with Crippen LogP contribution in [0.5, 0.6) is 0 Å². The maximum Gasteiger partial charge on any atom is 0.224 e. The summed E-state index contributed by atoms with van der Waals surface area (Å²) in [6.07, 6.45) is 6.70. The quantitative estimate of drug-likeness (QED) is 0.594. The summed E-state index contributed by atoms with van der Waals surface area (Å²) in [7, 11) is -3.24. The smallest absolute Gasteiger partial charge is 0.224 e. The van der Waals surface area contributed by atoms with Crippen LogP contribution in [0.3, 0.4) is 0 Å². The summed E-state index contributed by atoms with van der Waals surface area (Å²) >= 11 is 1.64. The number of rotatable bonds is 6. The molecule has 2 unspecified atom stereocenters. The molecule has 25 heavy (non-hydrogen) atoms. The third-order valence-electron chi connectivity index (χ3n) is 4.19. The van der Waals surface area contributed by atoms with Crippen LogP contribution in [0.4, 0.5) is 0 Å². The molecule has 1 amide bonds. The van der Waals surface area contributed by atoms with E-state index in [4.69, 9.17) is 4.98 Å². The largest absolute Gasteiger partial charge is 0.355 e. The van der Waals surface area contributed by atoms with Gasteiger partial charge in [-0.2, -0.15) is 0 Å². The lowest BCUT2D eigenvalue weighted by Crippen LogP contribution is -2.39. The Hall–Kier alpha value is -1.77. The van der Waals surface area contributed by atoms with E-state index in [2.05, 4.69) is 16.1 Å². The Bertz CT molecular complexity index is 856. The number of nitrogens with one attached hydrogen (secondary N) is 2. The van der Waals surface area contributed by atoms with Crippen molar-refractivity contribution in [1.82, 2.24) is 15.0 Å². The lowest BCUT2D eigenvalue weighted by atomic mass is 9.82. The van der Waals surface area contributed by atoms with Gasteiger partial charge in [-0.1, -0.05) is 24.3 Å². The van der Waals surface area contributed by atoms with Crippen molar-refractivity contribution in [1.29, 1.82) is 0 Å². The Balaban J connectivity index is 1.68. The molecule has 0 saturated carbocycles. The van der Waals surface area contributed by atoms with E-state index < -0.39 is 10.0 Å². The maximum atomic E-state index is 12.6. The number of allylic oxidation sites excluding steroid dienone is 2. The fraction of sp³-hybridized carbons (Fsp3) is 0.412. The number of amides is 1. The topological polar surface area (TPSA) is 88.2 Å². The molecule has 0 radical (unpaired) electrons.